The van der Waals surface area contributed by atoms with E-state index in [0.29, 0.717) is 39.8 Å². The zero-order chi connectivity index (χ0) is 19.5. The van der Waals surface area contributed by atoms with E-state index in [1.54, 1.807) is 42.1 Å². The molecule has 4 rings (SSSR count). The molecular weight excluding hydrogens is 381 g/mol. The molecule has 1 aliphatic rings. The molecule has 1 aliphatic heterocycles. The lowest BCUT2D eigenvalue weighted by Gasteiger charge is -2.13. The molecule has 144 valence electrons. The van der Waals surface area contributed by atoms with E-state index in [-0.39, 0.29) is 17.9 Å². The van der Waals surface area contributed by atoms with E-state index in [4.69, 9.17) is 10.3 Å². The number of nitrogens with two attached hydrogens (primary N) is 1. The number of nitrogens with one attached hydrogen (secondary N) is 2. The third-order valence-electron chi connectivity index (χ3n) is 4.41. The zero-order valence-corrected chi connectivity index (χ0v) is 15.6. The summed E-state index contributed by atoms with van der Waals surface area (Å²) < 4.78 is 18.8. The maximum absolute atomic E-state index is 13.9. The van der Waals surface area contributed by atoms with Gasteiger partial charge < -0.3 is 20.6 Å². The zero-order valence-electron chi connectivity index (χ0n) is 14.8. The van der Waals surface area contributed by atoms with Gasteiger partial charge in [-0.1, -0.05) is 23.4 Å². The van der Waals surface area contributed by atoms with Crippen molar-refractivity contribution in [3.8, 4) is 0 Å². The Morgan fingerprint density at radius 2 is 2.25 bits per heavy atom. The largest absolute Gasteiger partial charge is 0.379 e. The molecule has 0 spiro atoms. The van der Waals surface area contributed by atoms with Crippen molar-refractivity contribution in [3.05, 3.63) is 87.2 Å². The standard InChI is InChI=1S/C19H18FN5O2S/c20-13-4-2-1-3-11(13)8-22-16(15-5-6-27-25-15)7-14(21)18-23-17-10-28-9-12(17)19(26)24-18/h1-7,14,22H,8-10,21H2,(H,23,24,26)/b16-7-. The van der Waals surface area contributed by atoms with Crippen molar-refractivity contribution in [2.45, 2.75) is 24.1 Å². The van der Waals surface area contributed by atoms with Crippen molar-refractivity contribution in [2.24, 2.45) is 5.73 Å². The summed E-state index contributed by atoms with van der Waals surface area (Å²) in [5, 5.41) is 7.06. The molecule has 3 heterocycles. The molecule has 3 aromatic rings. The second-order valence-corrected chi connectivity index (χ2v) is 7.29. The molecule has 0 saturated heterocycles. The number of aromatic nitrogens is 3. The fourth-order valence-corrected chi connectivity index (χ4v) is 3.95. The van der Waals surface area contributed by atoms with Gasteiger partial charge in [0, 0.05) is 35.2 Å². The number of aromatic amines is 1. The van der Waals surface area contributed by atoms with E-state index in [1.807, 2.05) is 0 Å². The highest BCUT2D eigenvalue weighted by molar-refractivity contribution is 7.98. The van der Waals surface area contributed by atoms with Crippen LogP contribution >= 0.6 is 11.8 Å². The van der Waals surface area contributed by atoms with Gasteiger partial charge in [-0.25, -0.2) is 9.37 Å². The van der Waals surface area contributed by atoms with Crippen LogP contribution in [0.15, 0.2) is 52.0 Å². The van der Waals surface area contributed by atoms with Crippen molar-refractivity contribution in [1.29, 1.82) is 0 Å². The number of nitrogens with zero attached hydrogens (tertiary/aromatic N) is 2. The Hall–Kier alpha value is -2.91. The first-order chi connectivity index (χ1) is 13.6. The number of thioether (sulfide) groups is 1. The molecule has 7 nitrogen and oxygen atoms in total. The quantitative estimate of drug-likeness (QED) is 0.584. The van der Waals surface area contributed by atoms with Crippen molar-refractivity contribution in [3.63, 3.8) is 0 Å². The Morgan fingerprint density at radius 3 is 3.04 bits per heavy atom. The number of fused-ring (bicyclic) bond motifs is 1. The third kappa shape index (κ3) is 3.85. The number of rotatable bonds is 6. The Balaban J connectivity index is 1.61. The van der Waals surface area contributed by atoms with Crippen molar-refractivity contribution in [1.82, 2.24) is 20.4 Å². The van der Waals surface area contributed by atoms with Crippen LogP contribution in [0.3, 0.4) is 0 Å². The van der Waals surface area contributed by atoms with E-state index in [2.05, 4.69) is 20.4 Å². The average Bonchev–Trinajstić information content (AvgIpc) is 3.38. The third-order valence-corrected chi connectivity index (χ3v) is 5.38. The molecule has 0 amide bonds. The lowest BCUT2D eigenvalue weighted by Crippen LogP contribution is -2.23. The predicted octanol–water partition coefficient (Wildman–Crippen LogP) is 2.47. The summed E-state index contributed by atoms with van der Waals surface area (Å²) in [6.45, 7) is 0.239. The Bertz CT molecular complexity index is 1060. The summed E-state index contributed by atoms with van der Waals surface area (Å²) in [5.74, 6) is 1.43. The van der Waals surface area contributed by atoms with Gasteiger partial charge in [0.15, 0.2) is 0 Å². The van der Waals surface area contributed by atoms with E-state index >= 15 is 0 Å². The lowest BCUT2D eigenvalue weighted by molar-refractivity contribution is 0.417. The molecule has 2 aromatic heterocycles. The summed E-state index contributed by atoms with van der Waals surface area (Å²) in [5.41, 5.74) is 9.18. The van der Waals surface area contributed by atoms with Gasteiger partial charge in [-0.3, -0.25) is 4.79 Å². The molecule has 4 N–H and O–H groups in total. The maximum atomic E-state index is 13.9. The first-order valence-electron chi connectivity index (χ1n) is 8.67. The van der Waals surface area contributed by atoms with Crippen LogP contribution in [0.4, 0.5) is 4.39 Å². The molecule has 0 fully saturated rings. The average molecular weight is 399 g/mol. The van der Waals surface area contributed by atoms with Crippen LogP contribution in [-0.4, -0.2) is 15.1 Å². The molecule has 1 aromatic carbocycles. The van der Waals surface area contributed by atoms with Crippen LogP contribution in [0.1, 0.15) is 34.4 Å². The van der Waals surface area contributed by atoms with Crippen LogP contribution in [0, 0.1) is 5.82 Å². The Morgan fingerprint density at radius 1 is 1.39 bits per heavy atom. The van der Waals surface area contributed by atoms with E-state index in [9.17, 15) is 9.18 Å². The van der Waals surface area contributed by atoms with Crippen molar-refractivity contribution in [2.75, 3.05) is 0 Å². The summed E-state index contributed by atoms with van der Waals surface area (Å²) in [6.07, 6.45) is 3.12. The molecular formula is C19H18FN5O2S. The van der Waals surface area contributed by atoms with Crippen molar-refractivity contribution >= 4 is 17.5 Å². The van der Waals surface area contributed by atoms with Gasteiger partial charge in [0.1, 0.15) is 23.6 Å². The predicted molar refractivity (Wildman–Crippen MR) is 105 cm³/mol. The SMILES string of the molecule is NC(/C=C(\NCc1ccccc1F)c1ccon1)c1nc2c(c(=O)[nH]1)CSC2. The van der Waals surface area contributed by atoms with Gasteiger partial charge in [-0.15, -0.1) is 0 Å². The van der Waals surface area contributed by atoms with Gasteiger partial charge in [-0.05, 0) is 12.1 Å². The second-order valence-electron chi connectivity index (χ2n) is 6.30. The number of hydrogen-bond donors (Lipinski definition) is 3. The Labute approximate surface area is 164 Å². The van der Waals surface area contributed by atoms with Gasteiger partial charge >= 0.3 is 0 Å². The number of benzene rings is 1. The minimum absolute atomic E-state index is 0.156. The van der Waals surface area contributed by atoms with Crippen LogP contribution in [0.2, 0.25) is 0 Å². The monoisotopic (exact) mass is 399 g/mol. The normalized spacial score (nSPS) is 14.7. The molecule has 0 aliphatic carbocycles. The Kier molecular flexibility index (Phi) is 5.27. The first-order valence-corrected chi connectivity index (χ1v) is 9.82. The van der Waals surface area contributed by atoms with Gasteiger partial charge in [0.25, 0.3) is 5.56 Å². The van der Waals surface area contributed by atoms with E-state index in [0.717, 1.165) is 5.69 Å². The fourth-order valence-electron chi connectivity index (χ4n) is 2.92. The van der Waals surface area contributed by atoms with Gasteiger partial charge in [0.05, 0.1) is 17.4 Å². The second kappa shape index (κ2) is 7.99. The molecule has 0 radical (unpaired) electrons. The highest BCUT2D eigenvalue weighted by Crippen LogP contribution is 2.26. The summed E-state index contributed by atoms with van der Waals surface area (Å²) in [7, 11) is 0. The molecule has 9 heteroatoms. The number of halogens is 1. The van der Waals surface area contributed by atoms with Crippen LogP contribution in [0.25, 0.3) is 5.70 Å². The highest BCUT2D eigenvalue weighted by atomic mass is 32.2. The van der Waals surface area contributed by atoms with Crippen molar-refractivity contribution < 1.29 is 8.91 Å². The topological polar surface area (TPSA) is 110 Å². The minimum Gasteiger partial charge on any atom is -0.379 e. The molecule has 1 atom stereocenters. The lowest BCUT2D eigenvalue weighted by atomic mass is 10.1. The number of hydrogen-bond acceptors (Lipinski definition) is 7. The minimum atomic E-state index is -0.677. The maximum Gasteiger partial charge on any atom is 0.255 e. The summed E-state index contributed by atoms with van der Waals surface area (Å²) in [6, 6.07) is 7.49. The number of H-pyrrole nitrogens is 1. The fraction of sp³-hybridized carbons (Fsp3) is 0.211. The van der Waals surface area contributed by atoms with E-state index in [1.165, 1.54) is 12.3 Å². The van der Waals surface area contributed by atoms with Gasteiger partial charge in [-0.2, -0.15) is 11.8 Å². The molecule has 0 bridgehead atoms. The van der Waals surface area contributed by atoms with Gasteiger partial charge in [0.2, 0.25) is 0 Å². The molecule has 0 saturated carbocycles. The van der Waals surface area contributed by atoms with Crippen LogP contribution < -0.4 is 16.6 Å². The van der Waals surface area contributed by atoms with Crippen LogP contribution in [-0.2, 0) is 18.1 Å². The van der Waals surface area contributed by atoms with E-state index < -0.39 is 6.04 Å². The molecule has 1 unspecified atom stereocenters. The smallest absolute Gasteiger partial charge is 0.255 e. The molecule has 28 heavy (non-hydrogen) atoms. The summed E-state index contributed by atoms with van der Waals surface area (Å²) >= 11 is 1.65. The highest BCUT2D eigenvalue weighted by Gasteiger charge is 2.20. The van der Waals surface area contributed by atoms with Crippen LogP contribution in [0.5, 0.6) is 0 Å². The first kappa shape index (κ1) is 18.5. The summed E-state index contributed by atoms with van der Waals surface area (Å²) in [4.78, 5) is 19.5.